The number of nitrogens with one attached hydrogen (secondary N) is 1. The molecule has 0 saturated heterocycles. The molecule has 0 unspecified atom stereocenters. The van der Waals surface area contributed by atoms with E-state index in [0.29, 0.717) is 17.6 Å². The second kappa shape index (κ2) is 13.1. The molecule has 1 amide bonds. The molecular weight excluding hydrogens is 486 g/mol. The summed E-state index contributed by atoms with van der Waals surface area (Å²) in [5.41, 5.74) is 5.25. The van der Waals surface area contributed by atoms with Gasteiger partial charge < -0.3 is 9.47 Å². The lowest BCUT2D eigenvalue weighted by atomic mass is 10.2. The molecule has 0 fully saturated rings. The van der Waals surface area contributed by atoms with Crippen LogP contribution in [0.15, 0.2) is 95.2 Å². The number of amides is 1. The molecule has 0 atom stereocenters. The molecule has 8 nitrogen and oxygen atoms in total. The quantitative estimate of drug-likeness (QED) is 0.167. The number of allylic oxidation sites excluding steroid dienone is 1. The van der Waals surface area contributed by atoms with Gasteiger partial charge in [-0.3, -0.25) is 9.36 Å². The zero-order valence-electron chi connectivity index (χ0n) is 20.6. The van der Waals surface area contributed by atoms with Crippen LogP contribution >= 0.6 is 11.8 Å². The number of carbonyl (C=O) groups is 1. The fourth-order valence-corrected chi connectivity index (χ4v) is 4.24. The van der Waals surface area contributed by atoms with Crippen molar-refractivity contribution in [2.45, 2.75) is 12.1 Å². The Kier molecular flexibility index (Phi) is 9.09. The lowest BCUT2D eigenvalue weighted by Gasteiger charge is -2.11. The summed E-state index contributed by atoms with van der Waals surface area (Å²) in [5, 5.41) is 13.4. The molecule has 0 spiro atoms. The monoisotopic (exact) mass is 513 g/mol. The predicted molar refractivity (Wildman–Crippen MR) is 147 cm³/mol. The van der Waals surface area contributed by atoms with Crippen LogP contribution in [0, 0.1) is 0 Å². The molecule has 4 rings (SSSR count). The number of para-hydroxylation sites is 1. The smallest absolute Gasteiger partial charge is 0.250 e. The number of hydrogen-bond acceptors (Lipinski definition) is 7. The van der Waals surface area contributed by atoms with E-state index in [1.807, 2.05) is 96.4 Å². The fourth-order valence-electron chi connectivity index (χ4n) is 3.49. The lowest BCUT2D eigenvalue weighted by molar-refractivity contribution is -0.118. The third-order valence-corrected chi connectivity index (χ3v) is 6.10. The Hall–Kier alpha value is -4.37. The molecule has 1 N–H and O–H groups in total. The summed E-state index contributed by atoms with van der Waals surface area (Å²) in [5.74, 6) is 2.10. The fraction of sp³-hybridized carbons (Fsp3) is 0.143. The predicted octanol–water partition coefficient (Wildman–Crippen LogP) is 5.25. The standard InChI is InChI=1S/C28H27N5O3S/c1-3-36-24-17-15-23(16-18-24)33-27(22-11-5-4-6-12-22)31-32-28(33)37-20-26(34)30-29-19-9-13-21-10-7-8-14-25(21)35-2/h4-19H,3,20H2,1-2H3,(H,30,34). The van der Waals surface area contributed by atoms with E-state index in [0.717, 1.165) is 28.3 Å². The number of aromatic nitrogens is 3. The maximum atomic E-state index is 12.4. The minimum Gasteiger partial charge on any atom is -0.496 e. The molecule has 0 aliphatic rings. The highest BCUT2D eigenvalue weighted by Crippen LogP contribution is 2.28. The third kappa shape index (κ3) is 6.86. The van der Waals surface area contributed by atoms with E-state index in [-0.39, 0.29) is 11.7 Å². The summed E-state index contributed by atoms with van der Waals surface area (Å²) in [6, 6.07) is 25.2. The molecular formula is C28H27N5O3S. The van der Waals surface area contributed by atoms with Crippen molar-refractivity contribution >= 4 is 30.0 Å². The van der Waals surface area contributed by atoms with Crippen molar-refractivity contribution in [2.24, 2.45) is 5.10 Å². The minimum absolute atomic E-state index is 0.123. The molecule has 0 bridgehead atoms. The van der Waals surface area contributed by atoms with E-state index < -0.39 is 0 Å². The number of hydrogen-bond donors (Lipinski definition) is 1. The molecule has 9 heteroatoms. The number of rotatable bonds is 11. The van der Waals surface area contributed by atoms with Crippen LogP contribution < -0.4 is 14.9 Å². The average Bonchev–Trinajstić information content (AvgIpc) is 3.37. The molecule has 0 saturated carbocycles. The van der Waals surface area contributed by atoms with E-state index in [4.69, 9.17) is 9.47 Å². The number of nitrogens with zero attached hydrogens (tertiary/aromatic N) is 4. The third-order valence-electron chi connectivity index (χ3n) is 5.17. The van der Waals surface area contributed by atoms with Crippen molar-refractivity contribution in [3.8, 4) is 28.6 Å². The molecule has 1 heterocycles. The molecule has 3 aromatic carbocycles. The highest BCUT2D eigenvalue weighted by molar-refractivity contribution is 7.99. The van der Waals surface area contributed by atoms with Crippen molar-refractivity contribution in [3.63, 3.8) is 0 Å². The second-order valence-corrected chi connectivity index (χ2v) is 8.58. The van der Waals surface area contributed by atoms with Crippen molar-refractivity contribution < 1.29 is 14.3 Å². The highest BCUT2D eigenvalue weighted by atomic mass is 32.2. The van der Waals surface area contributed by atoms with Gasteiger partial charge in [0.15, 0.2) is 11.0 Å². The summed E-state index contributed by atoms with van der Waals surface area (Å²) in [7, 11) is 1.62. The van der Waals surface area contributed by atoms with E-state index in [9.17, 15) is 4.79 Å². The van der Waals surface area contributed by atoms with Crippen LogP contribution in [0.3, 0.4) is 0 Å². The topological polar surface area (TPSA) is 90.6 Å². The number of thioether (sulfide) groups is 1. The largest absolute Gasteiger partial charge is 0.496 e. The summed E-state index contributed by atoms with van der Waals surface area (Å²) < 4.78 is 12.8. The molecule has 37 heavy (non-hydrogen) atoms. The maximum absolute atomic E-state index is 12.4. The van der Waals surface area contributed by atoms with Crippen molar-refractivity contribution in [1.29, 1.82) is 0 Å². The van der Waals surface area contributed by atoms with Gasteiger partial charge in [-0.05, 0) is 49.4 Å². The molecule has 0 radical (unpaired) electrons. The van der Waals surface area contributed by atoms with Gasteiger partial charge >= 0.3 is 0 Å². The van der Waals surface area contributed by atoms with Gasteiger partial charge in [-0.25, -0.2) is 5.43 Å². The Bertz CT molecular complexity index is 1370. The van der Waals surface area contributed by atoms with Crippen LogP contribution in [0.2, 0.25) is 0 Å². The van der Waals surface area contributed by atoms with Gasteiger partial charge in [-0.2, -0.15) is 5.10 Å². The van der Waals surface area contributed by atoms with Crippen molar-refractivity contribution in [1.82, 2.24) is 20.2 Å². The zero-order chi connectivity index (χ0) is 25.9. The van der Waals surface area contributed by atoms with Gasteiger partial charge in [-0.15, -0.1) is 10.2 Å². The Labute approximate surface area is 220 Å². The van der Waals surface area contributed by atoms with Crippen LogP contribution in [-0.2, 0) is 4.79 Å². The van der Waals surface area contributed by atoms with E-state index in [2.05, 4.69) is 20.7 Å². The van der Waals surface area contributed by atoms with Crippen LogP contribution in [-0.4, -0.2) is 46.4 Å². The first-order valence-corrected chi connectivity index (χ1v) is 12.7. The van der Waals surface area contributed by atoms with Crippen LogP contribution in [0.5, 0.6) is 11.5 Å². The second-order valence-electron chi connectivity index (χ2n) is 7.64. The van der Waals surface area contributed by atoms with Gasteiger partial charge in [-0.1, -0.05) is 60.3 Å². The Morgan fingerprint density at radius 1 is 1.03 bits per heavy atom. The lowest BCUT2D eigenvalue weighted by Crippen LogP contribution is -2.19. The van der Waals surface area contributed by atoms with Gasteiger partial charge in [0.25, 0.3) is 5.91 Å². The minimum atomic E-state index is -0.255. The maximum Gasteiger partial charge on any atom is 0.250 e. The summed E-state index contributed by atoms with van der Waals surface area (Å²) in [4.78, 5) is 12.4. The SMILES string of the molecule is CCOc1ccc(-n2c(SCC(=O)NN=CC=Cc3ccccc3OC)nnc2-c2ccccc2)cc1. The van der Waals surface area contributed by atoms with Crippen molar-refractivity contribution in [2.75, 3.05) is 19.5 Å². The Morgan fingerprint density at radius 2 is 1.78 bits per heavy atom. The normalized spacial score (nSPS) is 11.2. The number of benzene rings is 3. The van der Waals surface area contributed by atoms with Crippen LogP contribution in [0.25, 0.3) is 23.2 Å². The number of carbonyl (C=O) groups excluding carboxylic acids is 1. The number of methoxy groups -OCH3 is 1. The van der Waals surface area contributed by atoms with Crippen molar-refractivity contribution in [3.05, 3.63) is 90.5 Å². The molecule has 1 aromatic heterocycles. The summed E-state index contributed by atoms with van der Waals surface area (Å²) in [6.45, 7) is 2.54. The first-order valence-electron chi connectivity index (χ1n) is 11.7. The summed E-state index contributed by atoms with van der Waals surface area (Å²) >= 11 is 1.28. The van der Waals surface area contributed by atoms with Gasteiger partial charge in [0.05, 0.1) is 19.5 Å². The summed E-state index contributed by atoms with van der Waals surface area (Å²) in [6.07, 6.45) is 5.11. The van der Waals surface area contributed by atoms with Gasteiger partial charge in [0, 0.05) is 23.0 Å². The van der Waals surface area contributed by atoms with E-state index >= 15 is 0 Å². The van der Waals surface area contributed by atoms with Gasteiger partial charge in [0.2, 0.25) is 0 Å². The van der Waals surface area contributed by atoms with Crippen LogP contribution in [0.4, 0.5) is 0 Å². The molecule has 0 aliphatic carbocycles. The van der Waals surface area contributed by atoms with E-state index in [1.165, 1.54) is 18.0 Å². The van der Waals surface area contributed by atoms with Crippen LogP contribution in [0.1, 0.15) is 12.5 Å². The first kappa shape index (κ1) is 25.7. The Balaban J connectivity index is 1.43. The number of hydrazone groups is 1. The van der Waals surface area contributed by atoms with Gasteiger partial charge in [0.1, 0.15) is 11.5 Å². The molecule has 188 valence electrons. The first-order chi connectivity index (χ1) is 18.2. The molecule has 0 aliphatic heterocycles. The number of ether oxygens (including phenoxy) is 2. The molecule has 4 aromatic rings. The zero-order valence-corrected chi connectivity index (χ0v) is 21.4. The highest BCUT2D eigenvalue weighted by Gasteiger charge is 2.17. The average molecular weight is 514 g/mol. The Morgan fingerprint density at radius 3 is 2.54 bits per heavy atom. The van der Waals surface area contributed by atoms with E-state index in [1.54, 1.807) is 13.2 Å².